The Morgan fingerprint density at radius 2 is 2.12 bits per heavy atom. The Morgan fingerprint density at radius 3 is 2.84 bits per heavy atom. The maximum atomic E-state index is 5.99. The number of benzene rings is 1. The zero-order valence-corrected chi connectivity index (χ0v) is 18.1. The zero-order valence-electron chi connectivity index (χ0n) is 15.0. The van der Waals surface area contributed by atoms with Crippen molar-refractivity contribution in [2.24, 2.45) is 10.9 Å². The summed E-state index contributed by atoms with van der Waals surface area (Å²) in [7, 11) is 0. The number of hydrogen-bond acceptors (Lipinski definition) is 3. The van der Waals surface area contributed by atoms with E-state index in [1.54, 1.807) is 0 Å². The minimum Gasteiger partial charge on any atom is -0.493 e. The first-order valence-corrected chi connectivity index (χ1v) is 10.3. The van der Waals surface area contributed by atoms with Crippen LogP contribution in [0.2, 0.25) is 0 Å². The third-order valence-electron chi connectivity index (χ3n) is 4.40. The van der Waals surface area contributed by atoms with Gasteiger partial charge in [-0.05, 0) is 50.3 Å². The number of aliphatic imine (C=N–C) groups is 1. The second kappa shape index (κ2) is 11.2. The Bertz CT molecular complexity index is 545. The van der Waals surface area contributed by atoms with E-state index >= 15 is 0 Å². The van der Waals surface area contributed by atoms with Crippen LogP contribution in [0.25, 0.3) is 0 Å². The molecule has 0 aromatic heterocycles. The maximum absolute atomic E-state index is 5.99. The van der Waals surface area contributed by atoms with E-state index in [2.05, 4.69) is 35.8 Å². The van der Waals surface area contributed by atoms with Crippen LogP contribution >= 0.6 is 35.7 Å². The third-order valence-corrected chi connectivity index (χ3v) is 5.61. The topological polar surface area (TPSA) is 45.7 Å². The van der Waals surface area contributed by atoms with Gasteiger partial charge in [0.05, 0.1) is 13.2 Å². The fourth-order valence-electron chi connectivity index (χ4n) is 2.80. The molecule has 0 bridgehead atoms. The van der Waals surface area contributed by atoms with Gasteiger partial charge >= 0.3 is 0 Å². The molecule has 0 amide bonds. The molecule has 1 aliphatic heterocycles. The predicted molar refractivity (Wildman–Crippen MR) is 118 cm³/mol. The number of hydrogen-bond donors (Lipinski definition) is 2. The number of rotatable bonds is 7. The molecule has 2 N–H and O–H groups in total. The van der Waals surface area contributed by atoms with Crippen molar-refractivity contribution in [1.29, 1.82) is 0 Å². The van der Waals surface area contributed by atoms with Crippen LogP contribution < -0.4 is 15.4 Å². The summed E-state index contributed by atoms with van der Waals surface area (Å²) in [4.78, 5) is 4.79. The average molecular weight is 475 g/mol. The Hall–Kier alpha value is -0.630. The molecule has 1 aromatic carbocycles. The molecule has 1 aromatic rings. The zero-order chi connectivity index (χ0) is 16.6. The normalized spacial score (nSPS) is 20.5. The third kappa shape index (κ3) is 7.25. The van der Waals surface area contributed by atoms with Crippen molar-refractivity contribution in [2.75, 3.05) is 24.7 Å². The van der Waals surface area contributed by atoms with E-state index in [-0.39, 0.29) is 24.0 Å². The lowest BCUT2D eigenvalue weighted by molar-refractivity contribution is 0.297. The molecule has 2 fully saturated rings. The van der Waals surface area contributed by atoms with E-state index < -0.39 is 0 Å². The van der Waals surface area contributed by atoms with Gasteiger partial charge in [0.25, 0.3) is 0 Å². The number of para-hydroxylation sites is 1. The first kappa shape index (κ1) is 20.7. The molecule has 1 atom stereocenters. The Kier molecular flexibility index (Phi) is 9.23. The molecule has 1 aliphatic carbocycles. The fraction of sp³-hybridized carbons (Fsp3) is 0.632. The molecule has 1 unspecified atom stereocenters. The number of nitrogens with zero attached hydrogens (tertiary/aromatic N) is 1. The summed E-state index contributed by atoms with van der Waals surface area (Å²) in [5.41, 5.74) is 1.16. The molecular weight excluding hydrogens is 445 g/mol. The van der Waals surface area contributed by atoms with Crippen molar-refractivity contribution in [3.8, 4) is 5.75 Å². The summed E-state index contributed by atoms with van der Waals surface area (Å²) in [6.07, 6.45) is 5.15. The molecule has 1 saturated carbocycles. The van der Waals surface area contributed by atoms with Gasteiger partial charge in [-0.3, -0.25) is 0 Å². The second-order valence-electron chi connectivity index (χ2n) is 6.62. The molecule has 0 radical (unpaired) electrons. The summed E-state index contributed by atoms with van der Waals surface area (Å²) in [5, 5.41) is 6.95. The largest absolute Gasteiger partial charge is 0.493 e. The molecule has 6 heteroatoms. The quantitative estimate of drug-likeness (QED) is 0.355. The van der Waals surface area contributed by atoms with Crippen molar-refractivity contribution in [1.82, 2.24) is 10.6 Å². The first-order valence-electron chi connectivity index (χ1n) is 9.18. The maximum Gasteiger partial charge on any atom is 0.191 e. The van der Waals surface area contributed by atoms with Gasteiger partial charge < -0.3 is 15.4 Å². The van der Waals surface area contributed by atoms with E-state index in [0.717, 1.165) is 36.3 Å². The molecule has 1 saturated heterocycles. The summed E-state index contributed by atoms with van der Waals surface area (Å²) in [5.74, 6) is 5.13. The number of guanidine groups is 1. The van der Waals surface area contributed by atoms with Gasteiger partial charge in [-0.25, -0.2) is 4.99 Å². The number of halogens is 1. The highest BCUT2D eigenvalue weighted by Gasteiger charge is 2.22. The molecule has 25 heavy (non-hydrogen) atoms. The SMILES string of the molecule is CCNC(=NCc1ccccc1OCC1CC1)NC1CCCSC1.I. The van der Waals surface area contributed by atoms with Gasteiger partial charge in [-0.15, -0.1) is 24.0 Å². The van der Waals surface area contributed by atoms with Crippen molar-refractivity contribution >= 4 is 41.7 Å². The van der Waals surface area contributed by atoms with Crippen LogP contribution in [0.15, 0.2) is 29.3 Å². The van der Waals surface area contributed by atoms with Crippen LogP contribution in [0, 0.1) is 5.92 Å². The molecule has 0 spiro atoms. The smallest absolute Gasteiger partial charge is 0.191 e. The summed E-state index contributed by atoms with van der Waals surface area (Å²) < 4.78 is 5.99. The highest BCUT2D eigenvalue weighted by atomic mass is 127. The van der Waals surface area contributed by atoms with E-state index in [4.69, 9.17) is 9.73 Å². The minimum absolute atomic E-state index is 0. The van der Waals surface area contributed by atoms with Crippen LogP contribution in [0.5, 0.6) is 5.75 Å². The number of nitrogens with one attached hydrogen (secondary N) is 2. The fourth-order valence-corrected chi connectivity index (χ4v) is 3.87. The van der Waals surface area contributed by atoms with E-state index in [1.165, 1.54) is 37.2 Å². The van der Waals surface area contributed by atoms with Crippen LogP contribution in [0.1, 0.15) is 38.2 Å². The van der Waals surface area contributed by atoms with Crippen molar-refractivity contribution in [2.45, 2.75) is 45.2 Å². The van der Waals surface area contributed by atoms with Crippen LogP contribution in [-0.2, 0) is 6.54 Å². The van der Waals surface area contributed by atoms with E-state index in [9.17, 15) is 0 Å². The molecule has 4 nitrogen and oxygen atoms in total. The highest BCUT2D eigenvalue weighted by molar-refractivity contribution is 14.0. The lowest BCUT2D eigenvalue weighted by Gasteiger charge is -2.24. The van der Waals surface area contributed by atoms with Gasteiger partial charge in [-0.2, -0.15) is 11.8 Å². The Balaban J connectivity index is 0.00000225. The first-order chi connectivity index (χ1) is 11.8. The summed E-state index contributed by atoms with van der Waals surface area (Å²) >= 11 is 2.03. The Labute approximate surface area is 173 Å². The van der Waals surface area contributed by atoms with Crippen LogP contribution in [-0.4, -0.2) is 36.7 Å². The van der Waals surface area contributed by atoms with Crippen molar-refractivity contribution in [3.63, 3.8) is 0 Å². The number of ether oxygens (including phenoxy) is 1. The minimum atomic E-state index is 0. The highest BCUT2D eigenvalue weighted by Crippen LogP contribution is 2.30. The van der Waals surface area contributed by atoms with Crippen molar-refractivity contribution < 1.29 is 4.74 Å². The van der Waals surface area contributed by atoms with Crippen LogP contribution in [0.3, 0.4) is 0 Å². The molecule has 140 valence electrons. The van der Waals surface area contributed by atoms with Crippen LogP contribution in [0.4, 0.5) is 0 Å². The number of thioether (sulfide) groups is 1. The molecular formula is C19H30IN3OS. The van der Waals surface area contributed by atoms with Crippen molar-refractivity contribution in [3.05, 3.63) is 29.8 Å². The monoisotopic (exact) mass is 475 g/mol. The van der Waals surface area contributed by atoms with Gasteiger partial charge in [0.2, 0.25) is 0 Å². The molecule has 3 rings (SSSR count). The average Bonchev–Trinajstić information content (AvgIpc) is 3.44. The van der Waals surface area contributed by atoms with Gasteiger partial charge in [-0.1, -0.05) is 18.2 Å². The van der Waals surface area contributed by atoms with Gasteiger partial charge in [0.15, 0.2) is 5.96 Å². The van der Waals surface area contributed by atoms with E-state index in [0.29, 0.717) is 12.6 Å². The standard InChI is InChI=1S/C19H29N3OS.HI/c1-2-20-19(22-17-7-5-11-24-14-17)21-12-16-6-3-4-8-18(16)23-13-15-9-10-15;/h3-4,6,8,15,17H,2,5,7,9-14H2,1H3,(H2,20,21,22);1H. The lowest BCUT2D eigenvalue weighted by atomic mass is 10.2. The summed E-state index contributed by atoms with van der Waals surface area (Å²) in [6.45, 7) is 4.49. The Morgan fingerprint density at radius 1 is 1.28 bits per heavy atom. The molecule has 2 aliphatic rings. The molecule has 1 heterocycles. The predicted octanol–water partition coefficient (Wildman–Crippen LogP) is 4.04. The van der Waals surface area contributed by atoms with E-state index in [1.807, 2.05) is 17.8 Å². The summed E-state index contributed by atoms with van der Waals surface area (Å²) in [6, 6.07) is 8.81. The lowest BCUT2D eigenvalue weighted by Crippen LogP contribution is -2.45. The second-order valence-corrected chi connectivity index (χ2v) is 7.77. The van der Waals surface area contributed by atoms with Gasteiger partial charge in [0, 0.05) is 23.9 Å². The van der Waals surface area contributed by atoms with Gasteiger partial charge in [0.1, 0.15) is 5.75 Å².